The van der Waals surface area contributed by atoms with E-state index in [0.717, 1.165) is 31.6 Å². The molecule has 17 heavy (non-hydrogen) atoms. The lowest BCUT2D eigenvalue weighted by Crippen LogP contribution is -2.38. The minimum Gasteiger partial charge on any atom is -0.374 e. The summed E-state index contributed by atoms with van der Waals surface area (Å²) < 4.78 is 18.5. The second kappa shape index (κ2) is 5.15. The maximum atomic E-state index is 12.8. The molecule has 0 radical (unpaired) electrons. The summed E-state index contributed by atoms with van der Waals surface area (Å²) in [6, 6.07) is 6.87. The molecular formula is C14H20FNO. The average Bonchev–Trinajstić information content (AvgIpc) is 2.75. The molecule has 0 saturated carbocycles. The smallest absolute Gasteiger partial charge is 0.123 e. The first-order valence-corrected chi connectivity index (χ1v) is 6.22. The van der Waals surface area contributed by atoms with Crippen LogP contribution in [0.15, 0.2) is 24.3 Å². The van der Waals surface area contributed by atoms with Gasteiger partial charge < -0.3 is 10.1 Å². The van der Waals surface area contributed by atoms with Gasteiger partial charge in [0.1, 0.15) is 5.82 Å². The van der Waals surface area contributed by atoms with Crippen molar-refractivity contribution in [3.8, 4) is 0 Å². The molecule has 1 aliphatic heterocycles. The van der Waals surface area contributed by atoms with Crippen LogP contribution in [0.1, 0.15) is 38.3 Å². The summed E-state index contributed by atoms with van der Waals surface area (Å²) >= 11 is 0. The van der Waals surface area contributed by atoms with E-state index < -0.39 is 0 Å². The van der Waals surface area contributed by atoms with E-state index in [9.17, 15) is 4.39 Å². The van der Waals surface area contributed by atoms with E-state index in [1.165, 1.54) is 12.1 Å². The Bertz CT molecular complexity index is 357. The molecule has 3 heteroatoms. The Hall–Kier alpha value is -0.930. The topological polar surface area (TPSA) is 21.3 Å². The maximum Gasteiger partial charge on any atom is 0.123 e. The molecule has 0 aliphatic carbocycles. The molecular weight excluding hydrogens is 217 g/mol. The molecule has 94 valence electrons. The third-order valence-corrected chi connectivity index (χ3v) is 3.45. The second-order valence-corrected chi connectivity index (χ2v) is 5.06. The van der Waals surface area contributed by atoms with Crippen molar-refractivity contribution in [1.82, 2.24) is 5.32 Å². The molecule has 1 aromatic carbocycles. The first kappa shape index (κ1) is 12.5. The largest absolute Gasteiger partial charge is 0.374 e. The predicted octanol–water partition coefficient (Wildman–Crippen LogP) is 3.05. The van der Waals surface area contributed by atoms with Gasteiger partial charge in [0.05, 0.1) is 5.60 Å². The highest BCUT2D eigenvalue weighted by Gasteiger charge is 2.29. The molecule has 2 atom stereocenters. The zero-order chi connectivity index (χ0) is 12.3. The lowest BCUT2D eigenvalue weighted by Gasteiger charge is -2.26. The van der Waals surface area contributed by atoms with E-state index in [2.05, 4.69) is 19.2 Å². The van der Waals surface area contributed by atoms with E-state index in [1.54, 1.807) is 0 Å². The molecule has 1 fully saturated rings. The molecule has 1 aliphatic rings. The summed E-state index contributed by atoms with van der Waals surface area (Å²) in [5.41, 5.74) is 1.07. The Kier molecular flexibility index (Phi) is 3.79. The summed E-state index contributed by atoms with van der Waals surface area (Å²) in [5.74, 6) is -0.188. The van der Waals surface area contributed by atoms with Crippen molar-refractivity contribution in [3.05, 3.63) is 35.6 Å². The highest BCUT2D eigenvalue weighted by atomic mass is 19.1. The maximum absolute atomic E-state index is 12.8. The fraction of sp³-hybridized carbons (Fsp3) is 0.571. The zero-order valence-corrected chi connectivity index (χ0v) is 10.5. The van der Waals surface area contributed by atoms with Crippen molar-refractivity contribution in [2.24, 2.45) is 0 Å². The van der Waals surface area contributed by atoms with E-state index in [-0.39, 0.29) is 17.5 Å². The Morgan fingerprint density at radius 3 is 2.71 bits per heavy atom. The summed E-state index contributed by atoms with van der Waals surface area (Å²) in [6.45, 7) is 5.94. The van der Waals surface area contributed by atoms with Gasteiger partial charge in [0.25, 0.3) is 0 Å². The van der Waals surface area contributed by atoms with Gasteiger partial charge in [0.2, 0.25) is 0 Å². The molecule has 0 bridgehead atoms. The molecule has 0 spiro atoms. The highest BCUT2D eigenvalue weighted by molar-refractivity contribution is 5.19. The minimum absolute atomic E-state index is 0.0334. The van der Waals surface area contributed by atoms with Crippen molar-refractivity contribution in [2.45, 2.75) is 38.3 Å². The van der Waals surface area contributed by atoms with Crippen LogP contribution in [0.2, 0.25) is 0 Å². The van der Waals surface area contributed by atoms with Crippen molar-refractivity contribution >= 4 is 0 Å². The lowest BCUT2D eigenvalue weighted by molar-refractivity contribution is 0.0191. The summed E-state index contributed by atoms with van der Waals surface area (Å²) in [6.07, 6.45) is 2.25. The normalized spacial score (nSPS) is 26.1. The van der Waals surface area contributed by atoms with Gasteiger partial charge in [-0.25, -0.2) is 4.39 Å². The zero-order valence-electron chi connectivity index (χ0n) is 10.5. The van der Waals surface area contributed by atoms with Crippen LogP contribution < -0.4 is 5.32 Å². The Morgan fingerprint density at radius 1 is 1.41 bits per heavy atom. The van der Waals surface area contributed by atoms with Crippen LogP contribution in [0, 0.1) is 5.82 Å². The lowest BCUT2D eigenvalue weighted by atomic mass is 10.0. The van der Waals surface area contributed by atoms with Crippen LogP contribution in [0.3, 0.4) is 0 Å². The first-order valence-electron chi connectivity index (χ1n) is 6.22. The SMILES string of the molecule is CC(NCC1(C)CCCO1)c1ccc(F)cc1. The van der Waals surface area contributed by atoms with Gasteiger partial charge in [-0.2, -0.15) is 0 Å². The van der Waals surface area contributed by atoms with Crippen LogP contribution in [-0.4, -0.2) is 18.8 Å². The second-order valence-electron chi connectivity index (χ2n) is 5.06. The highest BCUT2D eigenvalue weighted by Crippen LogP contribution is 2.25. The van der Waals surface area contributed by atoms with Gasteiger partial charge >= 0.3 is 0 Å². The van der Waals surface area contributed by atoms with Crippen LogP contribution in [0.4, 0.5) is 4.39 Å². The third-order valence-electron chi connectivity index (χ3n) is 3.45. The van der Waals surface area contributed by atoms with E-state index in [0.29, 0.717) is 0 Å². The van der Waals surface area contributed by atoms with Crippen LogP contribution in [-0.2, 0) is 4.74 Å². The van der Waals surface area contributed by atoms with E-state index in [1.807, 2.05) is 12.1 Å². The number of ether oxygens (including phenoxy) is 1. The van der Waals surface area contributed by atoms with Crippen molar-refractivity contribution in [1.29, 1.82) is 0 Å². The van der Waals surface area contributed by atoms with E-state index in [4.69, 9.17) is 4.74 Å². The van der Waals surface area contributed by atoms with Gasteiger partial charge in [-0.15, -0.1) is 0 Å². The Morgan fingerprint density at radius 2 is 2.12 bits per heavy atom. The molecule has 2 unspecified atom stereocenters. The molecule has 1 saturated heterocycles. The Balaban J connectivity index is 1.88. The number of hydrogen-bond acceptors (Lipinski definition) is 2. The third kappa shape index (κ3) is 3.27. The monoisotopic (exact) mass is 237 g/mol. The van der Waals surface area contributed by atoms with Gasteiger partial charge in [-0.1, -0.05) is 12.1 Å². The number of nitrogens with one attached hydrogen (secondary N) is 1. The Labute approximate surface area is 102 Å². The molecule has 2 rings (SSSR count). The van der Waals surface area contributed by atoms with Gasteiger partial charge in [0.15, 0.2) is 0 Å². The van der Waals surface area contributed by atoms with E-state index >= 15 is 0 Å². The van der Waals surface area contributed by atoms with Crippen molar-refractivity contribution < 1.29 is 9.13 Å². The van der Waals surface area contributed by atoms with Gasteiger partial charge in [-0.05, 0) is 44.4 Å². The molecule has 0 amide bonds. The molecule has 0 aromatic heterocycles. The standard InChI is InChI=1S/C14H20FNO/c1-11(12-4-6-13(15)7-5-12)16-10-14(2)8-3-9-17-14/h4-7,11,16H,3,8-10H2,1-2H3. The fourth-order valence-electron chi connectivity index (χ4n) is 2.21. The molecule has 1 aromatic rings. The predicted molar refractivity (Wildman–Crippen MR) is 66.4 cm³/mol. The number of rotatable bonds is 4. The first-order chi connectivity index (χ1) is 8.09. The summed E-state index contributed by atoms with van der Waals surface area (Å²) in [5, 5.41) is 3.45. The summed E-state index contributed by atoms with van der Waals surface area (Å²) in [7, 11) is 0. The molecule has 1 N–H and O–H groups in total. The molecule has 2 nitrogen and oxygen atoms in total. The minimum atomic E-state index is -0.188. The van der Waals surface area contributed by atoms with Crippen molar-refractivity contribution in [3.63, 3.8) is 0 Å². The number of hydrogen-bond donors (Lipinski definition) is 1. The number of halogens is 1. The average molecular weight is 237 g/mol. The molecule has 1 heterocycles. The van der Waals surface area contributed by atoms with Crippen LogP contribution in [0.25, 0.3) is 0 Å². The van der Waals surface area contributed by atoms with Crippen molar-refractivity contribution in [2.75, 3.05) is 13.2 Å². The van der Waals surface area contributed by atoms with Gasteiger partial charge in [-0.3, -0.25) is 0 Å². The van der Waals surface area contributed by atoms with Crippen LogP contribution in [0.5, 0.6) is 0 Å². The summed E-state index contributed by atoms with van der Waals surface area (Å²) in [4.78, 5) is 0. The number of benzene rings is 1. The quantitative estimate of drug-likeness (QED) is 0.869. The fourth-order valence-corrected chi connectivity index (χ4v) is 2.21. The van der Waals surface area contributed by atoms with Crippen LogP contribution >= 0.6 is 0 Å². The van der Waals surface area contributed by atoms with Gasteiger partial charge in [0, 0.05) is 19.2 Å².